The molecule has 0 radical (unpaired) electrons. The number of piperidine rings is 1. The summed E-state index contributed by atoms with van der Waals surface area (Å²) in [5.41, 5.74) is 2.46. The zero-order valence-electron chi connectivity index (χ0n) is 17.9. The second kappa shape index (κ2) is 11.9. The fourth-order valence-electron chi connectivity index (χ4n) is 4.33. The minimum absolute atomic E-state index is 0. The summed E-state index contributed by atoms with van der Waals surface area (Å²) < 4.78 is 11.9. The van der Waals surface area contributed by atoms with E-state index in [4.69, 9.17) is 9.47 Å². The van der Waals surface area contributed by atoms with E-state index in [0.29, 0.717) is 12.2 Å². The molecule has 7 heteroatoms. The molecule has 2 aromatic rings. The van der Waals surface area contributed by atoms with E-state index in [0.717, 1.165) is 64.5 Å². The average molecular weight is 526 g/mol. The predicted molar refractivity (Wildman–Crippen MR) is 133 cm³/mol. The van der Waals surface area contributed by atoms with Crippen molar-refractivity contribution in [3.63, 3.8) is 0 Å². The number of para-hydroxylation sites is 1. The SMILES string of the molecule is CN=C(NCCc1cc2ccccc2[nH]1)N1CCC(OCC2CCCCO2)CC1.I. The van der Waals surface area contributed by atoms with Crippen LogP contribution >= 0.6 is 24.0 Å². The van der Waals surface area contributed by atoms with Gasteiger partial charge in [-0.15, -0.1) is 24.0 Å². The zero-order valence-corrected chi connectivity index (χ0v) is 20.3. The van der Waals surface area contributed by atoms with Crippen molar-refractivity contribution in [1.82, 2.24) is 15.2 Å². The Hall–Kier alpha value is -1.32. The van der Waals surface area contributed by atoms with Crippen LogP contribution in [0.1, 0.15) is 37.8 Å². The van der Waals surface area contributed by atoms with Gasteiger partial charge < -0.3 is 24.7 Å². The number of nitrogens with zero attached hydrogens (tertiary/aromatic N) is 2. The Morgan fingerprint density at radius 1 is 1.23 bits per heavy atom. The maximum absolute atomic E-state index is 6.14. The number of benzene rings is 1. The Kier molecular flexibility index (Phi) is 9.27. The standard InChI is InChI=1S/C23H34N4O2.HI/c1-24-23(25-12-9-19-16-18-6-2-3-8-22(18)26-19)27-13-10-20(11-14-27)29-17-21-7-4-5-15-28-21;/h2-3,6,8,16,20-21,26H,4-5,7,9-15,17H2,1H3,(H,24,25);1H. The summed E-state index contributed by atoms with van der Waals surface area (Å²) in [4.78, 5) is 10.3. The normalized spacial score (nSPS) is 20.9. The van der Waals surface area contributed by atoms with Crippen LogP contribution in [0, 0.1) is 0 Å². The van der Waals surface area contributed by atoms with E-state index in [1.807, 2.05) is 7.05 Å². The molecule has 1 aromatic heterocycles. The summed E-state index contributed by atoms with van der Waals surface area (Å²) in [6.07, 6.45) is 7.32. The van der Waals surface area contributed by atoms with Crippen LogP contribution in [0.3, 0.4) is 0 Å². The van der Waals surface area contributed by atoms with Crippen LogP contribution in [-0.2, 0) is 15.9 Å². The lowest BCUT2D eigenvalue weighted by Gasteiger charge is -2.35. The molecule has 2 fully saturated rings. The lowest BCUT2D eigenvalue weighted by molar-refractivity contribution is -0.0721. The van der Waals surface area contributed by atoms with E-state index in [1.165, 1.54) is 29.4 Å². The molecule has 6 nitrogen and oxygen atoms in total. The van der Waals surface area contributed by atoms with Gasteiger partial charge in [0.15, 0.2) is 5.96 Å². The Labute approximate surface area is 196 Å². The molecule has 2 saturated heterocycles. The quantitative estimate of drug-likeness (QED) is 0.340. The molecule has 2 aliphatic rings. The first-order valence-electron chi connectivity index (χ1n) is 11.1. The van der Waals surface area contributed by atoms with E-state index < -0.39 is 0 Å². The van der Waals surface area contributed by atoms with Crippen molar-refractivity contribution < 1.29 is 9.47 Å². The summed E-state index contributed by atoms with van der Waals surface area (Å²) in [7, 11) is 1.87. The Bertz CT molecular complexity index is 762. The van der Waals surface area contributed by atoms with Crippen molar-refractivity contribution in [1.29, 1.82) is 0 Å². The summed E-state index contributed by atoms with van der Waals surface area (Å²) >= 11 is 0. The molecule has 3 heterocycles. The molecule has 0 aliphatic carbocycles. The zero-order chi connectivity index (χ0) is 19.9. The smallest absolute Gasteiger partial charge is 0.193 e. The van der Waals surface area contributed by atoms with Gasteiger partial charge in [0.05, 0.1) is 18.8 Å². The number of nitrogens with one attached hydrogen (secondary N) is 2. The molecule has 0 spiro atoms. The minimum atomic E-state index is 0. The number of aromatic amines is 1. The third-order valence-electron chi connectivity index (χ3n) is 6.01. The first-order chi connectivity index (χ1) is 14.3. The first kappa shape index (κ1) is 23.3. The van der Waals surface area contributed by atoms with Crippen LogP contribution in [0.25, 0.3) is 10.9 Å². The number of hydrogen-bond acceptors (Lipinski definition) is 3. The van der Waals surface area contributed by atoms with Gasteiger partial charge in [-0.25, -0.2) is 0 Å². The van der Waals surface area contributed by atoms with Gasteiger partial charge in [0.2, 0.25) is 0 Å². The number of likely N-dealkylation sites (tertiary alicyclic amines) is 1. The second-order valence-corrected chi connectivity index (χ2v) is 8.11. The molecule has 166 valence electrons. The van der Waals surface area contributed by atoms with Gasteiger partial charge in [0.1, 0.15) is 0 Å². The number of hydrogen-bond donors (Lipinski definition) is 2. The van der Waals surface area contributed by atoms with Crippen LogP contribution < -0.4 is 5.32 Å². The Morgan fingerprint density at radius 2 is 2.07 bits per heavy atom. The molecule has 30 heavy (non-hydrogen) atoms. The van der Waals surface area contributed by atoms with Gasteiger partial charge in [-0.3, -0.25) is 4.99 Å². The molecular weight excluding hydrogens is 491 g/mol. The molecular formula is C23H35IN4O2. The lowest BCUT2D eigenvalue weighted by atomic mass is 10.1. The van der Waals surface area contributed by atoms with E-state index in [-0.39, 0.29) is 24.0 Å². The van der Waals surface area contributed by atoms with E-state index in [2.05, 4.69) is 50.5 Å². The summed E-state index contributed by atoms with van der Waals surface area (Å²) in [5.74, 6) is 0.996. The largest absolute Gasteiger partial charge is 0.376 e. The number of guanidine groups is 1. The number of halogens is 1. The number of H-pyrrole nitrogens is 1. The number of rotatable bonds is 6. The monoisotopic (exact) mass is 526 g/mol. The molecule has 0 bridgehead atoms. The highest BCUT2D eigenvalue weighted by atomic mass is 127. The molecule has 4 rings (SSSR count). The maximum atomic E-state index is 6.14. The molecule has 0 amide bonds. The van der Waals surface area contributed by atoms with Crippen LogP contribution in [0.4, 0.5) is 0 Å². The Balaban J connectivity index is 0.00000256. The Morgan fingerprint density at radius 3 is 2.80 bits per heavy atom. The van der Waals surface area contributed by atoms with Crippen molar-refractivity contribution in [3.8, 4) is 0 Å². The third kappa shape index (κ3) is 6.34. The highest BCUT2D eigenvalue weighted by molar-refractivity contribution is 14.0. The number of ether oxygens (including phenoxy) is 2. The fourth-order valence-corrected chi connectivity index (χ4v) is 4.33. The molecule has 2 aliphatic heterocycles. The summed E-state index contributed by atoms with van der Waals surface area (Å²) in [6.45, 7) is 4.49. The fraction of sp³-hybridized carbons (Fsp3) is 0.609. The highest BCUT2D eigenvalue weighted by Crippen LogP contribution is 2.18. The van der Waals surface area contributed by atoms with Crippen LogP contribution in [0.5, 0.6) is 0 Å². The number of aliphatic imine (C=N–C) groups is 1. The molecule has 1 atom stereocenters. The number of aromatic nitrogens is 1. The third-order valence-corrected chi connectivity index (χ3v) is 6.01. The minimum Gasteiger partial charge on any atom is -0.376 e. The first-order valence-corrected chi connectivity index (χ1v) is 11.1. The van der Waals surface area contributed by atoms with Crippen molar-refractivity contribution in [2.75, 3.05) is 39.9 Å². The van der Waals surface area contributed by atoms with E-state index in [9.17, 15) is 0 Å². The van der Waals surface area contributed by atoms with Crippen LogP contribution in [0.15, 0.2) is 35.3 Å². The van der Waals surface area contributed by atoms with Crippen molar-refractivity contribution in [3.05, 3.63) is 36.0 Å². The van der Waals surface area contributed by atoms with Crippen molar-refractivity contribution in [2.45, 2.75) is 50.7 Å². The number of fused-ring (bicyclic) bond motifs is 1. The predicted octanol–water partition coefficient (Wildman–Crippen LogP) is 3.95. The lowest BCUT2D eigenvalue weighted by Crippen LogP contribution is -2.47. The average Bonchev–Trinajstić information content (AvgIpc) is 3.19. The van der Waals surface area contributed by atoms with Gasteiger partial charge in [0, 0.05) is 50.9 Å². The molecule has 2 N–H and O–H groups in total. The second-order valence-electron chi connectivity index (χ2n) is 8.11. The van der Waals surface area contributed by atoms with Gasteiger partial charge in [-0.2, -0.15) is 0 Å². The van der Waals surface area contributed by atoms with Crippen molar-refractivity contribution >= 4 is 40.8 Å². The maximum Gasteiger partial charge on any atom is 0.193 e. The van der Waals surface area contributed by atoms with Crippen LogP contribution in [-0.4, -0.2) is 67.9 Å². The summed E-state index contributed by atoms with van der Waals surface area (Å²) in [5, 5.41) is 4.80. The van der Waals surface area contributed by atoms with Gasteiger partial charge in [-0.05, 0) is 49.6 Å². The summed E-state index contributed by atoms with van der Waals surface area (Å²) in [6, 6.07) is 10.7. The van der Waals surface area contributed by atoms with Gasteiger partial charge in [-0.1, -0.05) is 18.2 Å². The molecule has 0 saturated carbocycles. The molecule has 1 unspecified atom stereocenters. The highest BCUT2D eigenvalue weighted by Gasteiger charge is 2.23. The van der Waals surface area contributed by atoms with Gasteiger partial charge in [0.25, 0.3) is 0 Å². The van der Waals surface area contributed by atoms with Gasteiger partial charge >= 0.3 is 0 Å². The van der Waals surface area contributed by atoms with Crippen LogP contribution in [0.2, 0.25) is 0 Å². The van der Waals surface area contributed by atoms with Crippen molar-refractivity contribution in [2.24, 2.45) is 4.99 Å². The van der Waals surface area contributed by atoms with E-state index >= 15 is 0 Å². The topological polar surface area (TPSA) is 61.9 Å². The molecule has 1 aromatic carbocycles. The van der Waals surface area contributed by atoms with E-state index in [1.54, 1.807) is 0 Å².